The number of aromatic amines is 1. The lowest BCUT2D eigenvalue weighted by atomic mass is 9.84. The summed E-state index contributed by atoms with van der Waals surface area (Å²) in [6.45, 7) is 1.86. The van der Waals surface area contributed by atoms with Crippen LogP contribution in [0.4, 0.5) is 5.69 Å². The van der Waals surface area contributed by atoms with Crippen LogP contribution in [0.3, 0.4) is 0 Å². The molecule has 6 nitrogen and oxygen atoms in total. The summed E-state index contributed by atoms with van der Waals surface area (Å²) in [5.41, 5.74) is 7.78. The van der Waals surface area contributed by atoms with E-state index in [1.165, 1.54) is 19.3 Å². The molecule has 23 heavy (non-hydrogen) atoms. The van der Waals surface area contributed by atoms with Crippen LogP contribution in [-0.2, 0) is 4.79 Å². The Balaban J connectivity index is 1.62. The molecule has 1 aliphatic rings. The number of carbonyl (C=O) groups excluding carboxylic acids is 1. The standard InChI is InChI=1S/C17H23N5O/c1-11-19-16(22-21-11)13-7-9-14(10-8-13)20-17(23)15(18)12-5-3-2-4-6-12/h7-10,12,15H,2-6,18H2,1H3,(H,20,23)(H,19,21,22)/t15-/m0/s1. The SMILES string of the molecule is Cc1nc(-c2ccc(NC(=O)[C@@H](N)C3CCCCC3)cc2)n[nH]1. The monoisotopic (exact) mass is 313 g/mol. The number of benzene rings is 1. The first-order valence-electron chi connectivity index (χ1n) is 8.19. The Morgan fingerprint density at radius 2 is 1.96 bits per heavy atom. The molecule has 0 bridgehead atoms. The Morgan fingerprint density at radius 1 is 1.26 bits per heavy atom. The first-order valence-corrected chi connectivity index (χ1v) is 8.19. The Bertz CT molecular complexity index is 658. The van der Waals surface area contributed by atoms with Gasteiger partial charge in [-0.15, -0.1) is 0 Å². The van der Waals surface area contributed by atoms with Crippen molar-refractivity contribution in [2.45, 2.75) is 45.1 Å². The minimum Gasteiger partial charge on any atom is -0.325 e. The van der Waals surface area contributed by atoms with Crippen molar-refractivity contribution in [2.24, 2.45) is 11.7 Å². The first-order chi connectivity index (χ1) is 11.1. The highest BCUT2D eigenvalue weighted by Gasteiger charge is 2.26. The molecule has 1 saturated carbocycles. The third kappa shape index (κ3) is 3.76. The van der Waals surface area contributed by atoms with Gasteiger partial charge in [-0.3, -0.25) is 9.89 Å². The van der Waals surface area contributed by atoms with Gasteiger partial charge in [0.15, 0.2) is 5.82 Å². The minimum absolute atomic E-state index is 0.0987. The van der Waals surface area contributed by atoms with Crippen molar-refractivity contribution in [1.29, 1.82) is 0 Å². The zero-order valence-corrected chi connectivity index (χ0v) is 13.4. The number of nitrogens with two attached hydrogens (primary N) is 1. The van der Waals surface area contributed by atoms with Crippen molar-refractivity contribution in [3.63, 3.8) is 0 Å². The summed E-state index contributed by atoms with van der Waals surface area (Å²) in [4.78, 5) is 16.6. The number of carbonyl (C=O) groups is 1. The maximum absolute atomic E-state index is 12.3. The lowest BCUT2D eigenvalue weighted by Gasteiger charge is -2.26. The van der Waals surface area contributed by atoms with Gasteiger partial charge in [0.25, 0.3) is 0 Å². The number of rotatable bonds is 4. The van der Waals surface area contributed by atoms with E-state index in [1.54, 1.807) is 0 Å². The molecule has 0 spiro atoms. The van der Waals surface area contributed by atoms with Crippen molar-refractivity contribution >= 4 is 11.6 Å². The molecule has 1 aliphatic carbocycles. The predicted octanol–water partition coefficient (Wildman–Crippen LogP) is 2.63. The molecular formula is C17H23N5O. The topological polar surface area (TPSA) is 96.7 Å². The van der Waals surface area contributed by atoms with Crippen molar-refractivity contribution in [3.05, 3.63) is 30.1 Å². The fourth-order valence-electron chi connectivity index (χ4n) is 3.11. The van der Waals surface area contributed by atoms with Gasteiger partial charge in [0.1, 0.15) is 5.82 Å². The summed E-state index contributed by atoms with van der Waals surface area (Å²) in [7, 11) is 0. The van der Waals surface area contributed by atoms with Crippen LogP contribution in [0.1, 0.15) is 37.9 Å². The van der Waals surface area contributed by atoms with Crippen LogP contribution in [0.2, 0.25) is 0 Å². The molecule has 1 heterocycles. The van der Waals surface area contributed by atoms with Gasteiger partial charge in [0, 0.05) is 11.3 Å². The number of amides is 1. The third-order valence-corrected chi connectivity index (χ3v) is 4.47. The molecule has 0 radical (unpaired) electrons. The molecule has 6 heteroatoms. The number of anilines is 1. The fourth-order valence-corrected chi connectivity index (χ4v) is 3.11. The molecule has 2 aromatic rings. The molecule has 4 N–H and O–H groups in total. The van der Waals surface area contributed by atoms with Crippen LogP contribution >= 0.6 is 0 Å². The van der Waals surface area contributed by atoms with E-state index in [0.29, 0.717) is 11.7 Å². The Labute approximate surface area is 135 Å². The maximum atomic E-state index is 12.3. The van der Waals surface area contributed by atoms with E-state index in [9.17, 15) is 4.79 Å². The van der Waals surface area contributed by atoms with E-state index in [-0.39, 0.29) is 5.91 Å². The normalized spacial score (nSPS) is 17.0. The molecule has 122 valence electrons. The van der Waals surface area contributed by atoms with Crippen LogP contribution in [0, 0.1) is 12.8 Å². The molecule has 1 fully saturated rings. The van der Waals surface area contributed by atoms with Gasteiger partial charge in [-0.25, -0.2) is 4.98 Å². The molecule has 3 rings (SSSR count). The summed E-state index contributed by atoms with van der Waals surface area (Å²) < 4.78 is 0. The van der Waals surface area contributed by atoms with Crippen LogP contribution in [0.25, 0.3) is 11.4 Å². The summed E-state index contributed by atoms with van der Waals surface area (Å²) in [6.07, 6.45) is 5.72. The van der Waals surface area contributed by atoms with Crippen LogP contribution < -0.4 is 11.1 Å². The van der Waals surface area contributed by atoms with E-state index >= 15 is 0 Å². The first kappa shape index (κ1) is 15.7. The Morgan fingerprint density at radius 3 is 2.57 bits per heavy atom. The Kier molecular flexibility index (Phi) is 4.71. The molecule has 1 atom stereocenters. The van der Waals surface area contributed by atoms with Gasteiger partial charge in [-0.05, 0) is 49.9 Å². The van der Waals surface area contributed by atoms with E-state index in [0.717, 1.165) is 29.9 Å². The number of hydrogen-bond acceptors (Lipinski definition) is 4. The molecule has 1 aromatic carbocycles. The molecule has 0 aliphatic heterocycles. The van der Waals surface area contributed by atoms with Crippen molar-refractivity contribution < 1.29 is 4.79 Å². The molecule has 0 unspecified atom stereocenters. The fraction of sp³-hybridized carbons (Fsp3) is 0.471. The van der Waals surface area contributed by atoms with Crippen molar-refractivity contribution in [1.82, 2.24) is 15.2 Å². The zero-order chi connectivity index (χ0) is 16.2. The van der Waals surface area contributed by atoms with Gasteiger partial charge in [-0.2, -0.15) is 5.10 Å². The predicted molar refractivity (Wildman–Crippen MR) is 89.7 cm³/mol. The lowest BCUT2D eigenvalue weighted by molar-refractivity contribution is -0.118. The number of aromatic nitrogens is 3. The van der Waals surface area contributed by atoms with E-state index in [1.807, 2.05) is 31.2 Å². The highest BCUT2D eigenvalue weighted by atomic mass is 16.2. The van der Waals surface area contributed by atoms with E-state index in [2.05, 4.69) is 20.5 Å². The number of hydrogen-bond donors (Lipinski definition) is 3. The summed E-state index contributed by atoms with van der Waals surface area (Å²) >= 11 is 0. The van der Waals surface area contributed by atoms with Gasteiger partial charge in [0.05, 0.1) is 6.04 Å². The minimum atomic E-state index is -0.425. The van der Waals surface area contributed by atoms with Crippen LogP contribution in [-0.4, -0.2) is 27.1 Å². The highest BCUT2D eigenvalue weighted by Crippen LogP contribution is 2.26. The molecule has 1 aromatic heterocycles. The maximum Gasteiger partial charge on any atom is 0.241 e. The van der Waals surface area contributed by atoms with Crippen molar-refractivity contribution in [2.75, 3.05) is 5.32 Å². The van der Waals surface area contributed by atoms with Gasteiger partial charge in [0.2, 0.25) is 5.91 Å². The van der Waals surface area contributed by atoms with Crippen molar-refractivity contribution in [3.8, 4) is 11.4 Å². The molecule has 1 amide bonds. The average molecular weight is 313 g/mol. The van der Waals surface area contributed by atoms with Gasteiger partial charge >= 0.3 is 0 Å². The van der Waals surface area contributed by atoms with Gasteiger partial charge in [-0.1, -0.05) is 19.3 Å². The average Bonchev–Trinajstić information content (AvgIpc) is 3.02. The van der Waals surface area contributed by atoms with E-state index in [4.69, 9.17) is 5.73 Å². The number of H-pyrrole nitrogens is 1. The lowest BCUT2D eigenvalue weighted by Crippen LogP contribution is -2.42. The second-order valence-corrected chi connectivity index (χ2v) is 6.23. The van der Waals surface area contributed by atoms with E-state index < -0.39 is 6.04 Å². The third-order valence-electron chi connectivity index (χ3n) is 4.47. The number of nitrogens with one attached hydrogen (secondary N) is 2. The summed E-state index contributed by atoms with van der Waals surface area (Å²) in [5.74, 6) is 1.63. The Hall–Kier alpha value is -2.21. The highest BCUT2D eigenvalue weighted by molar-refractivity contribution is 5.95. The second kappa shape index (κ2) is 6.91. The number of nitrogens with zero attached hydrogens (tertiary/aromatic N) is 2. The van der Waals surface area contributed by atoms with Gasteiger partial charge < -0.3 is 11.1 Å². The largest absolute Gasteiger partial charge is 0.325 e. The smallest absolute Gasteiger partial charge is 0.241 e. The summed E-state index contributed by atoms with van der Waals surface area (Å²) in [5, 5.41) is 9.85. The second-order valence-electron chi connectivity index (χ2n) is 6.23. The molecule has 0 saturated heterocycles. The summed E-state index contributed by atoms with van der Waals surface area (Å²) in [6, 6.07) is 7.07. The van der Waals surface area contributed by atoms with Crippen LogP contribution in [0.5, 0.6) is 0 Å². The molecular weight excluding hydrogens is 290 g/mol. The zero-order valence-electron chi connectivity index (χ0n) is 13.4. The van der Waals surface area contributed by atoms with Crippen LogP contribution in [0.15, 0.2) is 24.3 Å². The number of aryl methyl sites for hydroxylation is 1. The quantitative estimate of drug-likeness (QED) is 0.808.